The van der Waals surface area contributed by atoms with Gasteiger partial charge in [-0.2, -0.15) is 0 Å². The highest BCUT2D eigenvalue weighted by Crippen LogP contribution is 2.25. The van der Waals surface area contributed by atoms with Gasteiger partial charge in [-0.25, -0.2) is 0 Å². The molecule has 0 amide bonds. The van der Waals surface area contributed by atoms with Crippen LogP contribution in [0.3, 0.4) is 0 Å². The zero-order valence-electron chi connectivity index (χ0n) is 13.5. The van der Waals surface area contributed by atoms with Crippen molar-refractivity contribution in [1.29, 1.82) is 0 Å². The van der Waals surface area contributed by atoms with E-state index in [1.165, 1.54) is 22.3 Å². The van der Waals surface area contributed by atoms with E-state index in [0.717, 1.165) is 32.6 Å². The summed E-state index contributed by atoms with van der Waals surface area (Å²) in [6, 6.07) is 11.6. The van der Waals surface area contributed by atoms with Gasteiger partial charge in [0.2, 0.25) is 0 Å². The minimum atomic E-state index is 0.444. The van der Waals surface area contributed by atoms with Gasteiger partial charge in [0.05, 0.1) is 0 Å². The summed E-state index contributed by atoms with van der Waals surface area (Å²) in [7, 11) is 0. The number of benzene rings is 1. The van der Waals surface area contributed by atoms with Crippen LogP contribution in [0.1, 0.15) is 35.2 Å². The summed E-state index contributed by atoms with van der Waals surface area (Å²) in [6.07, 6.45) is 4.98. The van der Waals surface area contributed by atoms with Gasteiger partial charge in [0.15, 0.2) is 0 Å². The molecule has 1 aromatic carbocycles. The average molecular weight is 295 g/mol. The lowest BCUT2D eigenvalue weighted by atomic mass is 10.00. The largest absolute Gasteiger partial charge is 0.314 e. The standard InChI is InChI=1S/C19H25N3/c1-3-16-4-6-17(7-5-16)19-13-21-10-11-22(19)14-18-12-20-9-8-15(18)2/h4-9,12,19,21H,3,10-11,13-14H2,1-2H3. The molecule has 0 bridgehead atoms. The van der Waals surface area contributed by atoms with Gasteiger partial charge >= 0.3 is 0 Å². The van der Waals surface area contributed by atoms with Crippen LogP contribution in [0.4, 0.5) is 0 Å². The van der Waals surface area contributed by atoms with Crippen LogP contribution >= 0.6 is 0 Å². The molecule has 3 rings (SSSR count). The van der Waals surface area contributed by atoms with Gasteiger partial charge < -0.3 is 5.32 Å². The van der Waals surface area contributed by atoms with Crippen molar-refractivity contribution in [3.63, 3.8) is 0 Å². The number of hydrogen-bond donors (Lipinski definition) is 1. The Morgan fingerprint density at radius 3 is 2.77 bits per heavy atom. The normalized spacial score (nSPS) is 19.3. The van der Waals surface area contributed by atoms with Gasteiger partial charge in [0, 0.05) is 44.6 Å². The zero-order chi connectivity index (χ0) is 15.4. The maximum absolute atomic E-state index is 4.29. The van der Waals surface area contributed by atoms with Crippen LogP contribution in [0, 0.1) is 6.92 Å². The molecule has 1 unspecified atom stereocenters. The van der Waals surface area contributed by atoms with Gasteiger partial charge in [0.1, 0.15) is 0 Å². The minimum Gasteiger partial charge on any atom is -0.314 e. The van der Waals surface area contributed by atoms with E-state index in [0.29, 0.717) is 6.04 Å². The predicted molar refractivity (Wildman–Crippen MR) is 90.8 cm³/mol. The van der Waals surface area contributed by atoms with Crippen molar-refractivity contribution in [3.05, 3.63) is 65.0 Å². The Balaban J connectivity index is 1.80. The molecule has 0 radical (unpaired) electrons. The van der Waals surface area contributed by atoms with E-state index in [1.807, 2.05) is 12.4 Å². The first-order valence-electron chi connectivity index (χ1n) is 8.21. The summed E-state index contributed by atoms with van der Waals surface area (Å²) in [5, 5.41) is 3.54. The van der Waals surface area contributed by atoms with Crippen molar-refractivity contribution in [2.24, 2.45) is 0 Å². The van der Waals surface area contributed by atoms with E-state index < -0.39 is 0 Å². The van der Waals surface area contributed by atoms with Crippen LogP contribution in [-0.2, 0) is 13.0 Å². The van der Waals surface area contributed by atoms with E-state index in [9.17, 15) is 0 Å². The topological polar surface area (TPSA) is 28.2 Å². The number of rotatable bonds is 4. The fourth-order valence-corrected chi connectivity index (χ4v) is 3.12. The Bertz CT molecular complexity index is 606. The Labute approximate surface area is 133 Å². The Morgan fingerprint density at radius 2 is 2.05 bits per heavy atom. The van der Waals surface area contributed by atoms with Gasteiger partial charge in [-0.05, 0) is 41.7 Å². The molecular formula is C19H25N3. The number of aromatic nitrogens is 1. The third kappa shape index (κ3) is 3.37. The number of nitrogens with one attached hydrogen (secondary N) is 1. The Hall–Kier alpha value is -1.71. The average Bonchev–Trinajstić information content (AvgIpc) is 2.58. The molecule has 1 saturated heterocycles. The molecular weight excluding hydrogens is 270 g/mol. The lowest BCUT2D eigenvalue weighted by Crippen LogP contribution is -2.45. The number of hydrogen-bond acceptors (Lipinski definition) is 3. The molecule has 1 aromatic heterocycles. The van der Waals surface area contributed by atoms with Crippen LogP contribution < -0.4 is 5.32 Å². The summed E-state index contributed by atoms with van der Waals surface area (Å²) >= 11 is 0. The molecule has 1 N–H and O–H groups in total. The third-order valence-corrected chi connectivity index (χ3v) is 4.65. The van der Waals surface area contributed by atoms with Gasteiger partial charge in [-0.15, -0.1) is 0 Å². The van der Waals surface area contributed by atoms with E-state index in [-0.39, 0.29) is 0 Å². The van der Waals surface area contributed by atoms with Crippen LogP contribution in [0.5, 0.6) is 0 Å². The molecule has 1 fully saturated rings. The third-order valence-electron chi connectivity index (χ3n) is 4.65. The second-order valence-corrected chi connectivity index (χ2v) is 6.09. The summed E-state index contributed by atoms with van der Waals surface area (Å²) in [4.78, 5) is 6.86. The molecule has 3 nitrogen and oxygen atoms in total. The first-order chi connectivity index (χ1) is 10.8. The number of nitrogens with zero attached hydrogens (tertiary/aromatic N) is 2. The molecule has 1 aliphatic heterocycles. The molecule has 1 atom stereocenters. The lowest BCUT2D eigenvalue weighted by Gasteiger charge is -2.36. The number of piperazine rings is 1. The van der Waals surface area contributed by atoms with Crippen molar-refractivity contribution < 1.29 is 0 Å². The second-order valence-electron chi connectivity index (χ2n) is 6.09. The SMILES string of the molecule is CCc1ccc(C2CNCCN2Cc2cnccc2C)cc1. The molecule has 0 spiro atoms. The fourth-order valence-electron chi connectivity index (χ4n) is 3.12. The number of pyridine rings is 1. The fraction of sp³-hybridized carbons (Fsp3) is 0.421. The molecule has 0 aliphatic carbocycles. The molecule has 116 valence electrons. The minimum absolute atomic E-state index is 0.444. The van der Waals surface area contributed by atoms with Crippen molar-refractivity contribution >= 4 is 0 Å². The smallest absolute Gasteiger partial charge is 0.0476 e. The first kappa shape index (κ1) is 15.2. The quantitative estimate of drug-likeness (QED) is 0.939. The maximum atomic E-state index is 4.29. The van der Waals surface area contributed by atoms with Crippen molar-refractivity contribution in [3.8, 4) is 0 Å². The summed E-state index contributed by atoms with van der Waals surface area (Å²) in [6.45, 7) is 8.50. The van der Waals surface area contributed by atoms with E-state index in [2.05, 4.69) is 59.4 Å². The molecule has 3 heteroatoms. The lowest BCUT2D eigenvalue weighted by molar-refractivity contribution is 0.153. The monoisotopic (exact) mass is 295 g/mol. The molecule has 2 heterocycles. The molecule has 1 aliphatic rings. The van der Waals surface area contributed by atoms with Crippen LogP contribution in [0.2, 0.25) is 0 Å². The highest BCUT2D eigenvalue weighted by atomic mass is 15.2. The predicted octanol–water partition coefficient (Wildman–Crippen LogP) is 3.10. The van der Waals surface area contributed by atoms with E-state index >= 15 is 0 Å². The number of aryl methyl sites for hydroxylation is 2. The summed E-state index contributed by atoms with van der Waals surface area (Å²) in [5.41, 5.74) is 5.47. The Morgan fingerprint density at radius 1 is 1.23 bits per heavy atom. The Kier molecular flexibility index (Phi) is 4.86. The summed E-state index contributed by atoms with van der Waals surface area (Å²) < 4.78 is 0. The maximum Gasteiger partial charge on any atom is 0.0476 e. The second kappa shape index (κ2) is 7.03. The van der Waals surface area contributed by atoms with E-state index in [1.54, 1.807) is 0 Å². The molecule has 0 saturated carbocycles. The van der Waals surface area contributed by atoms with Gasteiger partial charge in [-0.3, -0.25) is 9.88 Å². The zero-order valence-corrected chi connectivity index (χ0v) is 13.5. The first-order valence-corrected chi connectivity index (χ1v) is 8.21. The van der Waals surface area contributed by atoms with E-state index in [4.69, 9.17) is 0 Å². The van der Waals surface area contributed by atoms with Crippen LogP contribution in [0.25, 0.3) is 0 Å². The molecule has 22 heavy (non-hydrogen) atoms. The van der Waals surface area contributed by atoms with Crippen molar-refractivity contribution in [2.45, 2.75) is 32.9 Å². The van der Waals surface area contributed by atoms with Crippen molar-refractivity contribution in [1.82, 2.24) is 15.2 Å². The highest BCUT2D eigenvalue weighted by molar-refractivity contribution is 5.27. The highest BCUT2D eigenvalue weighted by Gasteiger charge is 2.24. The van der Waals surface area contributed by atoms with Gasteiger partial charge in [0.25, 0.3) is 0 Å². The van der Waals surface area contributed by atoms with Crippen LogP contribution in [0.15, 0.2) is 42.7 Å². The van der Waals surface area contributed by atoms with Crippen molar-refractivity contribution in [2.75, 3.05) is 19.6 Å². The van der Waals surface area contributed by atoms with Crippen LogP contribution in [-0.4, -0.2) is 29.5 Å². The summed E-state index contributed by atoms with van der Waals surface area (Å²) in [5.74, 6) is 0. The molecule has 2 aromatic rings. The van der Waals surface area contributed by atoms with Gasteiger partial charge in [-0.1, -0.05) is 31.2 Å².